The van der Waals surface area contributed by atoms with E-state index in [9.17, 15) is 9.18 Å². The first-order valence-corrected chi connectivity index (χ1v) is 8.55. The summed E-state index contributed by atoms with van der Waals surface area (Å²) in [6.07, 6.45) is 1.69. The van der Waals surface area contributed by atoms with E-state index in [2.05, 4.69) is 10.4 Å². The van der Waals surface area contributed by atoms with Crippen molar-refractivity contribution in [2.75, 3.05) is 7.11 Å². The first kappa shape index (κ1) is 19.3. The van der Waals surface area contributed by atoms with Gasteiger partial charge in [0.15, 0.2) is 11.6 Å². The summed E-state index contributed by atoms with van der Waals surface area (Å²) in [5, 5.41) is 0. The van der Waals surface area contributed by atoms with Crippen LogP contribution in [0.2, 0.25) is 0 Å². The van der Waals surface area contributed by atoms with Gasteiger partial charge in [0.1, 0.15) is 12.4 Å². The first-order chi connectivity index (χ1) is 13.5. The van der Waals surface area contributed by atoms with Gasteiger partial charge in [-0.1, -0.05) is 6.07 Å². The summed E-state index contributed by atoms with van der Waals surface area (Å²) < 4.78 is 24.2. The lowest BCUT2D eigenvalue weighted by Gasteiger charge is -2.10. The van der Waals surface area contributed by atoms with Gasteiger partial charge in [-0.15, -0.1) is 0 Å². The Balaban J connectivity index is 1.77. The third-order valence-electron chi connectivity index (χ3n) is 4.25. The van der Waals surface area contributed by atoms with E-state index in [-0.39, 0.29) is 18.3 Å². The molecular weight excluding hydrogens is 361 g/mol. The van der Waals surface area contributed by atoms with Gasteiger partial charge < -0.3 is 9.47 Å². The Morgan fingerprint density at radius 2 is 2.00 bits per heavy atom. The average molecular weight is 381 g/mol. The van der Waals surface area contributed by atoms with Gasteiger partial charge in [0.2, 0.25) is 0 Å². The number of halogens is 1. The van der Waals surface area contributed by atoms with Crippen LogP contribution in [0.1, 0.15) is 21.5 Å². The molecular formula is C21H20FN3O3. The van der Waals surface area contributed by atoms with E-state index in [1.807, 2.05) is 31.2 Å². The fraction of sp³-hybridized carbons (Fsp3) is 0.143. The van der Waals surface area contributed by atoms with Gasteiger partial charge in [-0.05, 0) is 54.4 Å². The second kappa shape index (κ2) is 8.49. The Bertz CT molecular complexity index is 1010. The third-order valence-corrected chi connectivity index (χ3v) is 4.25. The van der Waals surface area contributed by atoms with Crippen molar-refractivity contribution in [1.82, 2.24) is 10.4 Å². The topological polar surface area (TPSA) is 86.5 Å². The Hall–Kier alpha value is -3.45. The van der Waals surface area contributed by atoms with E-state index >= 15 is 0 Å². The molecule has 6 nitrogen and oxygen atoms in total. The zero-order valence-electron chi connectivity index (χ0n) is 15.5. The predicted octanol–water partition coefficient (Wildman–Crippen LogP) is 3.39. The van der Waals surface area contributed by atoms with E-state index < -0.39 is 5.82 Å². The smallest absolute Gasteiger partial charge is 0.265 e. The number of aromatic nitrogens is 1. The van der Waals surface area contributed by atoms with Gasteiger partial charge in [-0.2, -0.15) is 0 Å². The van der Waals surface area contributed by atoms with Gasteiger partial charge in [0.05, 0.1) is 12.8 Å². The minimum absolute atomic E-state index is 0.130. The number of nitrogen functional groups attached to an aromatic ring is 1. The van der Waals surface area contributed by atoms with Crippen LogP contribution in [0.3, 0.4) is 0 Å². The number of nitrogens with one attached hydrogen (secondary N) is 1. The summed E-state index contributed by atoms with van der Waals surface area (Å²) in [5.74, 6) is 5.05. The molecule has 0 radical (unpaired) electrons. The van der Waals surface area contributed by atoms with Gasteiger partial charge in [-0.3, -0.25) is 15.2 Å². The third kappa shape index (κ3) is 4.27. The van der Waals surface area contributed by atoms with Crippen LogP contribution in [0.4, 0.5) is 4.39 Å². The zero-order chi connectivity index (χ0) is 20.1. The molecule has 0 fully saturated rings. The number of aryl methyl sites for hydroxylation is 1. The molecule has 1 heterocycles. The monoisotopic (exact) mass is 381 g/mol. The highest BCUT2D eigenvalue weighted by Gasteiger charge is 2.10. The van der Waals surface area contributed by atoms with E-state index in [1.165, 1.54) is 19.2 Å². The van der Waals surface area contributed by atoms with Crippen LogP contribution in [0, 0.1) is 12.7 Å². The quantitative estimate of drug-likeness (QED) is 0.388. The number of amides is 1. The summed E-state index contributed by atoms with van der Waals surface area (Å²) >= 11 is 0. The summed E-state index contributed by atoms with van der Waals surface area (Å²) in [6.45, 7) is 2.12. The molecule has 0 saturated carbocycles. The molecule has 0 saturated heterocycles. The first-order valence-electron chi connectivity index (χ1n) is 8.55. The van der Waals surface area contributed by atoms with Crippen molar-refractivity contribution >= 4 is 5.91 Å². The average Bonchev–Trinajstić information content (AvgIpc) is 2.72. The minimum Gasteiger partial charge on any atom is -0.494 e. The van der Waals surface area contributed by atoms with Gasteiger partial charge >= 0.3 is 0 Å². The molecule has 144 valence electrons. The Morgan fingerprint density at radius 1 is 1.18 bits per heavy atom. The maximum absolute atomic E-state index is 13.5. The summed E-state index contributed by atoms with van der Waals surface area (Å²) in [7, 11) is 1.40. The molecule has 3 rings (SSSR count). The zero-order valence-corrected chi connectivity index (χ0v) is 15.5. The summed E-state index contributed by atoms with van der Waals surface area (Å²) in [4.78, 5) is 16.1. The lowest BCUT2D eigenvalue weighted by Crippen LogP contribution is -2.30. The molecule has 1 amide bonds. The lowest BCUT2D eigenvalue weighted by atomic mass is 10.0. The molecule has 0 aliphatic carbocycles. The predicted molar refractivity (Wildman–Crippen MR) is 103 cm³/mol. The number of ether oxygens (including phenoxy) is 2. The van der Waals surface area contributed by atoms with Gasteiger partial charge in [0, 0.05) is 23.4 Å². The van der Waals surface area contributed by atoms with E-state index in [0.29, 0.717) is 11.3 Å². The Morgan fingerprint density at radius 3 is 2.71 bits per heavy atom. The largest absolute Gasteiger partial charge is 0.494 e. The number of nitrogens with zero attached hydrogens (tertiary/aromatic N) is 1. The van der Waals surface area contributed by atoms with Crippen molar-refractivity contribution in [3.63, 3.8) is 0 Å². The van der Waals surface area contributed by atoms with Crippen LogP contribution in [0.15, 0.2) is 54.7 Å². The molecule has 2 aromatic carbocycles. The molecule has 3 N–H and O–H groups in total. The number of carbonyl (C=O) groups excluding carboxylic acids is 1. The molecule has 28 heavy (non-hydrogen) atoms. The van der Waals surface area contributed by atoms with Crippen molar-refractivity contribution in [2.24, 2.45) is 5.84 Å². The fourth-order valence-corrected chi connectivity index (χ4v) is 2.77. The van der Waals surface area contributed by atoms with Crippen molar-refractivity contribution in [3.8, 4) is 22.8 Å². The van der Waals surface area contributed by atoms with Crippen LogP contribution in [-0.4, -0.2) is 18.0 Å². The number of benzene rings is 2. The summed E-state index contributed by atoms with van der Waals surface area (Å²) in [6, 6.07) is 13.5. The second-order valence-electron chi connectivity index (χ2n) is 6.14. The molecule has 0 bridgehead atoms. The molecule has 1 aromatic heterocycles. The SMILES string of the molecule is COc1cc(OCc2ccnc(-c3ccc(C(=O)NN)c(C)c3)c2)ccc1F. The number of hydrogen-bond donors (Lipinski definition) is 2. The van der Waals surface area contributed by atoms with Crippen LogP contribution in [-0.2, 0) is 6.61 Å². The second-order valence-corrected chi connectivity index (χ2v) is 6.14. The highest BCUT2D eigenvalue weighted by atomic mass is 19.1. The van der Waals surface area contributed by atoms with Crippen LogP contribution >= 0.6 is 0 Å². The number of nitrogens with two attached hydrogens (primary N) is 1. The highest BCUT2D eigenvalue weighted by Crippen LogP contribution is 2.25. The van der Waals surface area contributed by atoms with Crippen LogP contribution in [0.5, 0.6) is 11.5 Å². The van der Waals surface area contributed by atoms with E-state index in [0.717, 1.165) is 22.4 Å². The molecule has 0 aliphatic rings. The Kier molecular flexibility index (Phi) is 5.86. The molecule has 0 unspecified atom stereocenters. The number of pyridine rings is 1. The normalized spacial score (nSPS) is 10.4. The van der Waals surface area contributed by atoms with Crippen molar-refractivity contribution in [3.05, 3.63) is 77.2 Å². The number of hydrazine groups is 1. The van der Waals surface area contributed by atoms with Crippen molar-refractivity contribution in [2.45, 2.75) is 13.5 Å². The number of rotatable bonds is 6. The highest BCUT2D eigenvalue weighted by molar-refractivity contribution is 5.95. The van der Waals surface area contributed by atoms with Crippen molar-refractivity contribution < 1.29 is 18.7 Å². The maximum Gasteiger partial charge on any atom is 0.265 e. The van der Waals surface area contributed by atoms with Crippen LogP contribution < -0.4 is 20.7 Å². The van der Waals surface area contributed by atoms with Crippen molar-refractivity contribution in [1.29, 1.82) is 0 Å². The molecule has 0 spiro atoms. The standard InChI is InChI=1S/C21H20FN3O3/c1-13-9-15(3-5-17(13)21(26)25-23)19-10-14(7-8-24-19)12-28-16-4-6-18(22)20(11-16)27-2/h3-11H,12,23H2,1-2H3,(H,25,26). The molecule has 0 atom stereocenters. The molecule has 7 heteroatoms. The molecule has 3 aromatic rings. The van der Waals surface area contributed by atoms with E-state index in [1.54, 1.807) is 18.3 Å². The number of carbonyl (C=O) groups is 1. The van der Waals surface area contributed by atoms with Gasteiger partial charge in [-0.25, -0.2) is 10.2 Å². The van der Waals surface area contributed by atoms with Gasteiger partial charge in [0.25, 0.3) is 5.91 Å². The number of methoxy groups -OCH3 is 1. The lowest BCUT2D eigenvalue weighted by molar-refractivity contribution is 0.0953. The van der Waals surface area contributed by atoms with Crippen LogP contribution in [0.25, 0.3) is 11.3 Å². The fourth-order valence-electron chi connectivity index (χ4n) is 2.77. The van der Waals surface area contributed by atoms with E-state index in [4.69, 9.17) is 15.3 Å². The number of hydrogen-bond acceptors (Lipinski definition) is 5. The summed E-state index contributed by atoms with van der Waals surface area (Å²) in [5.41, 5.74) is 5.95. The Labute approximate surface area is 162 Å². The molecule has 0 aliphatic heterocycles. The maximum atomic E-state index is 13.5. The minimum atomic E-state index is -0.441.